The van der Waals surface area contributed by atoms with Crippen LogP contribution in [-0.4, -0.2) is 5.71 Å². The molecule has 0 N–H and O–H groups in total. The van der Waals surface area contributed by atoms with Crippen molar-refractivity contribution in [2.24, 2.45) is 10.9 Å². The lowest BCUT2D eigenvalue weighted by Crippen LogP contribution is -2.26. The summed E-state index contributed by atoms with van der Waals surface area (Å²) in [6.07, 6.45) is 7.34. The second-order valence-electron chi connectivity index (χ2n) is 4.92. The molecule has 0 amide bonds. The molecule has 0 radical (unpaired) electrons. The Kier molecular flexibility index (Phi) is 2.12. The molecule has 1 aliphatic carbocycles. The van der Waals surface area contributed by atoms with Gasteiger partial charge < -0.3 is 9.94 Å². The van der Waals surface area contributed by atoms with Crippen molar-refractivity contribution in [2.45, 2.75) is 12.8 Å². The molecule has 1 aromatic carbocycles. The van der Waals surface area contributed by atoms with Crippen LogP contribution in [0, 0.1) is 11.1 Å². The fourth-order valence-corrected chi connectivity index (χ4v) is 2.39. The van der Waals surface area contributed by atoms with Gasteiger partial charge in [0.05, 0.1) is 11.6 Å². The van der Waals surface area contributed by atoms with E-state index in [0.717, 1.165) is 21.5 Å². The highest BCUT2D eigenvalue weighted by Gasteiger charge is 2.28. The summed E-state index contributed by atoms with van der Waals surface area (Å²) in [4.78, 5) is 4.72. The molecule has 0 bridgehead atoms. The summed E-state index contributed by atoms with van der Waals surface area (Å²) in [5.41, 5.74) is 2.42. The third-order valence-electron chi connectivity index (χ3n) is 3.53. The number of pyridine rings is 1. The predicted molar refractivity (Wildman–Crippen MR) is 72.5 cm³/mol. The second kappa shape index (κ2) is 3.82. The molecule has 4 nitrogen and oxygen atoms in total. The van der Waals surface area contributed by atoms with Crippen molar-refractivity contribution in [2.75, 3.05) is 0 Å². The number of nitrogens with zero attached hydrogens (tertiary/aromatic N) is 2. The number of benzene rings is 1. The van der Waals surface area contributed by atoms with Gasteiger partial charge in [0.2, 0.25) is 17.5 Å². The van der Waals surface area contributed by atoms with E-state index in [1.54, 1.807) is 12.3 Å². The first-order valence-corrected chi connectivity index (χ1v) is 6.39. The van der Waals surface area contributed by atoms with Gasteiger partial charge in [0.1, 0.15) is 5.69 Å². The molecule has 1 aliphatic heterocycles. The quantitative estimate of drug-likeness (QED) is 0.578. The fourth-order valence-electron chi connectivity index (χ4n) is 2.39. The summed E-state index contributed by atoms with van der Waals surface area (Å²) in [6.45, 7) is 0. The number of hydrogen-bond donors (Lipinski definition) is 0. The Hall–Kier alpha value is -2.36. The first-order chi connectivity index (χ1) is 9.33. The van der Waals surface area contributed by atoms with Gasteiger partial charge in [-0.3, -0.25) is 0 Å². The SMILES string of the molecule is [O-][n+]1cc2c(c3ccccc31)N=C(C1CC1)C=CO2. The van der Waals surface area contributed by atoms with Crippen molar-refractivity contribution >= 4 is 22.3 Å². The van der Waals surface area contributed by atoms with E-state index in [4.69, 9.17) is 9.73 Å². The zero-order valence-corrected chi connectivity index (χ0v) is 10.2. The van der Waals surface area contributed by atoms with E-state index in [9.17, 15) is 5.21 Å². The van der Waals surface area contributed by atoms with Gasteiger partial charge in [0, 0.05) is 17.7 Å². The Balaban J connectivity index is 2.02. The van der Waals surface area contributed by atoms with Gasteiger partial charge in [0.25, 0.3) is 0 Å². The highest BCUT2D eigenvalue weighted by Crippen LogP contribution is 2.39. The average molecular weight is 252 g/mol. The van der Waals surface area contributed by atoms with Crippen molar-refractivity contribution in [1.82, 2.24) is 0 Å². The van der Waals surface area contributed by atoms with E-state index >= 15 is 0 Å². The fraction of sp³-hybridized carbons (Fsp3) is 0.200. The molecule has 1 aromatic heterocycles. The zero-order chi connectivity index (χ0) is 12.8. The van der Waals surface area contributed by atoms with E-state index in [1.165, 1.54) is 19.0 Å². The number of ether oxygens (including phenoxy) is 1. The Morgan fingerprint density at radius 3 is 2.95 bits per heavy atom. The third kappa shape index (κ3) is 1.68. The van der Waals surface area contributed by atoms with Gasteiger partial charge >= 0.3 is 0 Å². The van der Waals surface area contributed by atoms with Crippen LogP contribution in [0.1, 0.15) is 12.8 Å². The molecular weight excluding hydrogens is 240 g/mol. The minimum Gasteiger partial charge on any atom is -0.618 e. The maximum absolute atomic E-state index is 12.0. The van der Waals surface area contributed by atoms with Crippen LogP contribution >= 0.6 is 0 Å². The first-order valence-electron chi connectivity index (χ1n) is 6.39. The van der Waals surface area contributed by atoms with Crippen molar-refractivity contribution < 1.29 is 9.47 Å². The molecule has 0 spiro atoms. The van der Waals surface area contributed by atoms with Crippen LogP contribution in [-0.2, 0) is 0 Å². The molecule has 0 saturated heterocycles. The molecule has 19 heavy (non-hydrogen) atoms. The minimum atomic E-state index is 0.514. The number of rotatable bonds is 1. The lowest BCUT2D eigenvalue weighted by molar-refractivity contribution is -0.577. The highest BCUT2D eigenvalue weighted by molar-refractivity contribution is 6.03. The van der Waals surface area contributed by atoms with Gasteiger partial charge in [-0.15, -0.1) is 0 Å². The lowest BCUT2D eigenvalue weighted by Gasteiger charge is -2.08. The summed E-state index contributed by atoms with van der Waals surface area (Å²) < 4.78 is 6.36. The average Bonchev–Trinajstić information content (AvgIpc) is 3.25. The Morgan fingerprint density at radius 1 is 1.26 bits per heavy atom. The van der Waals surface area contributed by atoms with E-state index in [2.05, 4.69) is 0 Å². The summed E-state index contributed by atoms with van der Waals surface area (Å²) in [5.74, 6) is 1.06. The molecular formula is C15H12N2O2. The van der Waals surface area contributed by atoms with Crippen LogP contribution < -0.4 is 9.47 Å². The molecule has 1 saturated carbocycles. The van der Waals surface area contributed by atoms with Crippen molar-refractivity contribution in [3.8, 4) is 5.75 Å². The second-order valence-corrected chi connectivity index (χ2v) is 4.92. The van der Waals surface area contributed by atoms with Gasteiger partial charge in [-0.2, -0.15) is 4.73 Å². The first kappa shape index (κ1) is 10.6. The molecule has 0 atom stereocenters. The van der Waals surface area contributed by atoms with Gasteiger partial charge in [-0.25, -0.2) is 4.99 Å². The highest BCUT2D eigenvalue weighted by atomic mass is 16.5. The van der Waals surface area contributed by atoms with Gasteiger partial charge in [0.15, 0.2) is 0 Å². The lowest BCUT2D eigenvalue weighted by atomic mass is 10.1. The summed E-state index contributed by atoms with van der Waals surface area (Å²) >= 11 is 0. The summed E-state index contributed by atoms with van der Waals surface area (Å²) in [6, 6.07) is 7.47. The zero-order valence-electron chi connectivity index (χ0n) is 10.2. The number of allylic oxidation sites excluding steroid dienone is 1. The molecule has 1 fully saturated rings. The molecule has 4 rings (SSSR count). The van der Waals surface area contributed by atoms with Gasteiger partial charge in [-0.1, -0.05) is 12.1 Å². The number of hydrogen-bond acceptors (Lipinski definition) is 3. The molecule has 94 valence electrons. The van der Waals surface area contributed by atoms with Crippen LogP contribution in [0.25, 0.3) is 10.9 Å². The van der Waals surface area contributed by atoms with Gasteiger partial charge in [-0.05, 0) is 25.0 Å². The maximum Gasteiger partial charge on any atom is 0.226 e. The topological polar surface area (TPSA) is 48.5 Å². The number of para-hydroxylation sites is 1. The van der Waals surface area contributed by atoms with Crippen LogP contribution in [0.3, 0.4) is 0 Å². The van der Waals surface area contributed by atoms with Crippen molar-refractivity contribution in [3.63, 3.8) is 0 Å². The minimum absolute atomic E-state index is 0.514. The van der Waals surface area contributed by atoms with E-state index < -0.39 is 0 Å². The molecule has 4 heteroatoms. The third-order valence-corrected chi connectivity index (χ3v) is 3.53. The smallest absolute Gasteiger partial charge is 0.226 e. The van der Waals surface area contributed by atoms with Crippen LogP contribution in [0.2, 0.25) is 0 Å². The number of fused-ring (bicyclic) bond motifs is 3. The number of aliphatic imine (C=N–C) groups is 1. The van der Waals surface area contributed by atoms with E-state index in [-0.39, 0.29) is 0 Å². The monoisotopic (exact) mass is 252 g/mol. The Labute approximate surface area is 110 Å². The largest absolute Gasteiger partial charge is 0.618 e. The van der Waals surface area contributed by atoms with E-state index in [0.29, 0.717) is 17.2 Å². The Morgan fingerprint density at radius 2 is 2.11 bits per heavy atom. The molecule has 2 aromatic rings. The summed E-state index contributed by atoms with van der Waals surface area (Å²) in [7, 11) is 0. The van der Waals surface area contributed by atoms with Crippen LogP contribution in [0.4, 0.5) is 5.69 Å². The Bertz CT molecular complexity index is 730. The van der Waals surface area contributed by atoms with Crippen LogP contribution in [0.5, 0.6) is 5.75 Å². The normalized spacial score (nSPS) is 17.6. The van der Waals surface area contributed by atoms with Crippen molar-refractivity contribution in [3.05, 3.63) is 48.0 Å². The van der Waals surface area contributed by atoms with E-state index in [1.807, 2.05) is 24.3 Å². The maximum atomic E-state index is 12.0. The predicted octanol–water partition coefficient (Wildman–Crippen LogP) is 2.86. The molecule has 0 unspecified atom stereocenters. The standard InChI is InChI=1S/C15H12N2O2/c18-17-9-14-15(11-3-1-2-4-13(11)17)16-12(7-8-19-14)10-5-6-10/h1-4,7-10H,5-6H2. The number of aromatic nitrogens is 1. The summed E-state index contributed by atoms with van der Waals surface area (Å²) in [5, 5.41) is 12.8. The van der Waals surface area contributed by atoms with Crippen molar-refractivity contribution in [1.29, 1.82) is 0 Å². The van der Waals surface area contributed by atoms with Crippen LogP contribution in [0.15, 0.2) is 47.8 Å². The molecule has 2 heterocycles. The molecule has 2 aliphatic rings.